The first-order chi connectivity index (χ1) is 13.0. The maximum Gasteiger partial charge on any atom is 0.318 e. The third-order valence-electron chi connectivity index (χ3n) is 5.35. The zero-order valence-corrected chi connectivity index (χ0v) is 15.7. The Balaban J connectivity index is 1.62. The molecule has 2 N–H and O–H groups in total. The predicted octanol–water partition coefficient (Wildman–Crippen LogP) is 1.95. The van der Waals surface area contributed by atoms with Gasteiger partial charge in [0.2, 0.25) is 0 Å². The molecule has 0 bridgehead atoms. The first kappa shape index (κ1) is 18.0. The molecular weight excluding hydrogens is 364 g/mol. The number of nitrogens with zero attached hydrogens (tertiary/aromatic N) is 1. The van der Waals surface area contributed by atoms with Crippen LogP contribution in [-0.4, -0.2) is 55.2 Å². The van der Waals surface area contributed by atoms with Gasteiger partial charge >= 0.3 is 6.03 Å². The standard InChI is InChI=1S/C20H22N2O4S/c23-11-10-22(14-9-12-27(25,26)13-14)20(24)21-19-17-7-3-1-5-15(17)16-6-2-4-8-18(16)19/h1-8,14,19,23H,9-13H2,(H,21,24)/t14-/m1/s1. The third-order valence-corrected chi connectivity index (χ3v) is 7.10. The lowest BCUT2D eigenvalue weighted by atomic mass is 10.1. The van der Waals surface area contributed by atoms with Gasteiger partial charge in [-0.15, -0.1) is 0 Å². The summed E-state index contributed by atoms with van der Waals surface area (Å²) in [5, 5.41) is 12.4. The minimum Gasteiger partial charge on any atom is -0.395 e. The molecule has 142 valence electrons. The molecule has 7 heteroatoms. The van der Waals surface area contributed by atoms with E-state index in [0.29, 0.717) is 6.42 Å². The summed E-state index contributed by atoms with van der Waals surface area (Å²) in [5.41, 5.74) is 4.23. The van der Waals surface area contributed by atoms with Crippen LogP contribution in [0.25, 0.3) is 11.1 Å². The molecule has 2 aromatic carbocycles. The van der Waals surface area contributed by atoms with Gasteiger partial charge in [0.15, 0.2) is 9.84 Å². The Morgan fingerprint density at radius 1 is 1.07 bits per heavy atom. The van der Waals surface area contributed by atoms with E-state index in [9.17, 15) is 18.3 Å². The Hall–Kier alpha value is -2.38. The molecule has 0 unspecified atom stereocenters. The van der Waals surface area contributed by atoms with Crippen LogP contribution in [-0.2, 0) is 9.84 Å². The molecular formula is C20H22N2O4S. The fourth-order valence-corrected chi connectivity index (χ4v) is 5.83. The number of urea groups is 1. The fourth-order valence-electron chi connectivity index (χ4n) is 4.10. The first-order valence-corrected chi connectivity index (χ1v) is 10.9. The van der Waals surface area contributed by atoms with Gasteiger partial charge < -0.3 is 15.3 Å². The Morgan fingerprint density at radius 3 is 2.19 bits per heavy atom. The van der Waals surface area contributed by atoms with Crippen molar-refractivity contribution in [3.63, 3.8) is 0 Å². The fraction of sp³-hybridized carbons (Fsp3) is 0.350. The number of carbonyl (C=O) groups is 1. The largest absolute Gasteiger partial charge is 0.395 e. The van der Waals surface area contributed by atoms with Crippen molar-refractivity contribution in [2.45, 2.75) is 18.5 Å². The molecule has 2 amide bonds. The summed E-state index contributed by atoms with van der Waals surface area (Å²) in [6.07, 6.45) is 0.410. The van der Waals surface area contributed by atoms with Crippen LogP contribution in [0.5, 0.6) is 0 Å². The van der Waals surface area contributed by atoms with E-state index in [4.69, 9.17) is 0 Å². The topological polar surface area (TPSA) is 86.7 Å². The van der Waals surface area contributed by atoms with Crippen molar-refractivity contribution in [2.24, 2.45) is 0 Å². The van der Waals surface area contributed by atoms with E-state index in [1.807, 2.05) is 48.5 Å². The second kappa shape index (κ2) is 6.98. The van der Waals surface area contributed by atoms with E-state index >= 15 is 0 Å². The monoisotopic (exact) mass is 386 g/mol. The summed E-state index contributed by atoms with van der Waals surface area (Å²) >= 11 is 0. The maximum atomic E-state index is 13.0. The highest BCUT2D eigenvalue weighted by Gasteiger charge is 2.36. The molecule has 0 spiro atoms. The van der Waals surface area contributed by atoms with Crippen molar-refractivity contribution in [1.29, 1.82) is 0 Å². The average molecular weight is 386 g/mol. The van der Waals surface area contributed by atoms with Crippen molar-refractivity contribution in [3.05, 3.63) is 59.7 Å². The van der Waals surface area contributed by atoms with Gasteiger partial charge in [0.05, 0.1) is 24.2 Å². The molecule has 4 rings (SSSR count). The number of aliphatic hydroxyl groups is 1. The van der Waals surface area contributed by atoms with Gasteiger partial charge in [-0.3, -0.25) is 0 Å². The number of benzene rings is 2. The van der Waals surface area contributed by atoms with E-state index in [1.54, 1.807) is 0 Å². The number of hydrogen-bond acceptors (Lipinski definition) is 4. The predicted molar refractivity (Wildman–Crippen MR) is 103 cm³/mol. The minimum absolute atomic E-state index is 0.0434. The highest BCUT2D eigenvalue weighted by atomic mass is 32.2. The van der Waals surface area contributed by atoms with Crippen molar-refractivity contribution in [2.75, 3.05) is 24.7 Å². The normalized spacial score (nSPS) is 20.1. The van der Waals surface area contributed by atoms with Crippen LogP contribution >= 0.6 is 0 Å². The molecule has 0 saturated carbocycles. The molecule has 0 radical (unpaired) electrons. The van der Waals surface area contributed by atoms with E-state index < -0.39 is 15.9 Å². The molecule has 2 aromatic rings. The molecule has 1 atom stereocenters. The molecule has 6 nitrogen and oxygen atoms in total. The third kappa shape index (κ3) is 3.33. The Bertz CT molecular complexity index is 928. The average Bonchev–Trinajstić information content (AvgIpc) is 3.18. The summed E-state index contributed by atoms with van der Waals surface area (Å²) in [6, 6.07) is 14.9. The summed E-state index contributed by atoms with van der Waals surface area (Å²) in [5.74, 6) is 0.0419. The SMILES string of the molecule is O=C(NC1c2ccccc2-c2ccccc21)N(CCO)[C@@H]1CCS(=O)(=O)C1. The number of hydrogen-bond donors (Lipinski definition) is 2. The summed E-state index contributed by atoms with van der Waals surface area (Å²) in [4.78, 5) is 14.5. The van der Waals surface area contributed by atoms with E-state index in [0.717, 1.165) is 22.3 Å². The van der Waals surface area contributed by atoms with Crippen LogP contribution in [0.2, 0.25) is 0 Å². The van der Waals surface area contributed by atoms with Crippen molar-refractivity contribution >= 4 is 15.9 Å². The smallest absolute Gasteiger partial charge is 0.318 e. The molecule has 1 aliphatic carbocycles. The number of nitrogens with one attached hydrogen (secondary N) is 1. The number of sulfone groups is 1. The van der Waals surface area contributed by atoms with Crippen LogP contribution in [0, 0.1) is 0 Å². The van der Waals surface area contributed by atoms with E-state index in [-0.39, 0.29) is 36.7 Å². The van der Waals surface area contributed by atoms with Crippen molar-refractivity contribution in [3.8, 4) is 11.1 Å². The van der Waals surface area contributed by atoms with E-state index in [1.165, 1.54) is 4.90 Å². The van der Waals surface area contributed by atoms with Gasteiger partial charge in [0.25, 0.3) is 0 Å². The lowest BCUT2D eigenvalue weighted by Crippen LogP contribution is -2.48. The van der Waals surface area contributed by atoms with Crippen LogP contribution in [0.4, 0.5) is 4.79 Å². The van der Waals surface area contributed by atoms with Gasteiger partial charge in [-0.05, 0) is 28.7 Å². The number of carbonyl (C=O) groups excluding carboxylic acids is 1. The van der Waals surface area contributed by atoms with Gasteiger partial charge in [-0.1, -0.05) is 48.5 Å². The second-order valence-electron chi connectivity index (χ2n) is 7.03. The number of aliphatic hydroxyl groups excluding tert-OH is 1. The molecule has 2 aliphatic rings. The minimum atomic E-state index is -3.12. The summed E-state index contributed by atoms with van der Waals surface area (Å²) in [6.45, 7) is -0.0934. The first-order valence-electron chi connectivity index (χ1n) is 9.07. The molecule has 1 heterocycles. The second-order valence-corrected chi connectivity index (χ2v) is 9.26. The van der Waals surface area contributed by atoms with Crippen LogP contribution < -0.4 is 5.32 Å². The number of rotatable bonds is 4. The zero-order valence-electron chi connectivity index (χ0n) is 14.8. The van der Waals surface area contributed by atoms with Crippen molar-refractivity contribution < 1.29 is 18.3 Å². The Kier molecular flexibility index (Phi) is 4.65. The molecule has 1 aliphatic heterocycles. The van der Waals surface area contributed by atoms with E-state index in [2.05, 4.69) is 5.32 Å². The van der Waals surface area contributed by atoms with Gasteiger partial charge in [-0.25, -0.2) is 13.2 Å². The molecule has 1 saturated heterocycles. The lowest BCUT2D eigenvalue weighted by Gasteiger charge is -2.29. The Morgan fingerprint density at radius 2 is 1.67 bits per heavy atom. The number of amides is 2. The number of fused-ring (bicyclic) bond motifs is 3. The maximum absolute atomic E-state index is 13.0. The van der Waals surface area contributed by atoms with Crippen LogP contribution in [0.15, 0.2) is 48.5 Å². The molecule has 27 heavy (non-hydrogen) atoms. The Labute approximate surface area is 158 Å². The van der Waals surface area contributed by atoms with Gasteiger partial charge in [0, 0.05) is 12.6 Å². The highest BCUT2D eigenvalue weighted by molar-refractivity contribution is 7.91. The van der Waals surface area contributed by atoms with Crippen LogP contribution in [0.3, 0.4) is 0 Å². The van der Waals surface area contributed by atoms with Gasteiger partial charge in [-0.2, -0.15) is 0 Å². The zero-order chi connectivity index (χ0) is 19.0. The quantitative estimate of drug-likeness (QED) is 0.841. The van der Waals surface area contributed by atoms with Crippen molar-refractivity contribution in [1.82, 2.24) is 10.2 Å². The molecule has 1 fully saturated rings. The van der Waals surface area contributed by atoms with Gasteiger partial charge in [0.1, 0.15) is 0 Å². The molecule has 0 aromatic heterocycles. The summed E-state index contributed by atoms with van der Waals surface area (Å²) in [7, 11) is -3.12. The highest BCUT2D eigenvalue weighted by Crippen LogP contribution is 2.43. The van der Waals surface area contributed by atoms with Crippen LogP contribution in [0.1, 0.15) is 23.6 Å². The lowest BCUT2D eigenvalue weighted by molar-refractivity contribution is 0.156. The summed E-state index contributed by atoms with van der Waals surface area (Å²) < 4.78 is 23.6.